The summed E-state index contributed by atoms with van der Waals surface area (Å²) in [7, 11) is 2.19. The fourth-order valence-electron chi connectivity index (χ4n) is 2.47. The SMILES string of the molecule is CN1CCN(CC(CN)Cc2ccncc2)CC1. The molecule has 1 aliphatic rings. The molecule has 2 N–H and O–H groups in total. The van der Waals surface area contributed by atoms with E-state index in [4.69, 9.17) is 5.73 Å². The molecule has 0 aromatic carbocycles. The summed E-state index contributed by atoms with van der Waals surface area (Å²) in [6, 6.07) is 4.18. The van der Waals surface area contributed by atoms with Gasteiger partial charge in [-0.3, -0.25) is 4.98 Å². The smallest absolute Gasteiger partial charge is 0.0270 e. The summed E-state index contributed by atoms with van der Waals surface area (Å²) in [6.07, 6.45) is 4.78. The number of nitrogens with zero attached hydrogens (tertiary/aromatic N) is 3. The number of hydrogen-bond acceptors (Lipinski definition) is 4. The first-order valence-corrected chi connectivity index (χ1v) is 6.78. The van der Waals surface area contributed by atoms with Crippen LogP contribution in [0.15, 0.2) is 24.5 Å². The standard InChI is InChI=1S/C14H24N4/c1-17-6-8-18(9-7-17)12-14(11-15)10-13-2-4-16-5-3-13/h2-5,14H,6-12,15H2,1H3. The fourth-order valence-corrected chi connectivity index (χ4v) is 2.47. The Kier molecular flexibility index (Phi) is 5.11. The Hall–Kier alpha value is -0.970. The molecule has 0 saturated carbocycles. The van der Waals surface area contributed by atoms with Gasteiger partial charge in [0.25, 0.3) is 0 Å². The topological polar surface area (TPSA) is 45.4 Å². The molecule has 0 spiro atoms. The summed E-state index contributed by atoms with van der Waals surface area (Å²) in [4.78, 5) is 8.98. The highest BCUT2D eigenvalue weighted by Crippen LogP contribution is 2.10. The second-order valence-corrected chi connectivity index (χ2v) is 5.27. The van der Waals surface area contributed by atoms with Gasteiger partial charge in [-0.25, -0.2) is 0 Å². The maximum absolute atomic E-state index is 5.91. The monoisotopic (exact) mass is 248 g/mol. The van der Waals surface area contributed by atoms with Crippen LogP contribution < -0.4 is 5.73 Å². The van der Waals surface area contributed by atoms with E-state index < -0.39 is 0 Å². The van der Waals surface area contributed by atoms with E-state index in [1.54, 1.807) is 0 Å². The zero-order valence-electron chi connectivity index (χ0n) is 11.3. The number of nitrogens with two attached hydrogens (primary N) is 1. The average Bonchev–Trinajstić information content (AvgIpc) is 2.41. The third-order valence-corrected chi connectivity index (χ3v) is 3.72. The summed E-state index contributed by atoms with van der Waals surface area (Å²) in [5.74, 6) is 0.552. The van der Waals surface area contributed by atoms with Crippen LogP contribution in [-0.4, -0.2) is 61.1 Å². The summed E-state index contributed by atoms with van der Waals surface area (Å²) < 4.78 is 0. The molecule has 100 valence electrons. The number of piperazine rings is 1. The number of hydrogen-bond donors (Lipinski definition) is 1. The Bertz CT molecular complexity index is 333. The van der Waals surface area contributed by atoms with Crippen molar-refractivity contribution in [3.8, 4) is 0 Å². The molecule has 0 radical (unpaired) electrons. The van der Waals surface area contributed by atoms with Gasteiger partial charge in [0.15, 0.2) is 0 Å². The minimum absolute atomic E-state index is 0.552. The first kappa shape index (κ1) is 13.5. The largest absolute Gasteiger partial charge is 0.330 e. The highest BCUT2D eigenvalue weighted by atomic mass is 15.2. The van der Waals surface area contributed by atoms with Crippen LogP contribution in [0.25, 0.3) is 0 Å². The molecule has 1 aromatic heterocycles. The second kappa shape index (κ2) is 6.83. The van der Waals surface area contributed by atoms with Crippen LogP contribution >= 0.6 is 0 Å². The lowest BCUT2D eigenvalue weighted by atomic mass is 9.99. The fraction of sp³-hybridized carbons (Fsp3) is 0.643. The molecule has 1 fully saturated rings. The van der Waals surface area contributed by atoms with Gasteiger partial charge in [-0.05, 0) is 43.6 Å². The predicted molar refractivity (Wildman–Crippen MR) is 74.4 cm³/mol. The summed E-state index contributed by atoms with van der Waals surface area (Å²) >= 11 is 0. The van der Waals surface area contributed by atoms with Crippen molar-refractivity contribution in [3.63, 3.8) is 0 Å². The number of aromatic nitrogens is 1. The van der Waals surface area contributed by atoms with Gasteiger partial charge in [-0.15, -0.1) is 0 Å². The molecule has 0 amide bonds. The first-order valence-electron chi connectivity index (χ1n) is 6.78. The molecule has 4 heteroatoms. The van der Waals surface area contributed by atoms with Gasteiger partial charge in [0.05, 0.1) is 0 Å². The molecule has 2 heterocycles. The maximum Gasteiger partial charge on any atom is 0.0270 e. The van der Waals surface area contributed by atoms with Crippen LogP contribution in [0.3, 0.4) is 0 Å². The van der Waals surface area contributed by atoms with Crippen molar-refractivity contribution in [2.24, 2.45) is 11.7 Å². The molecular weight excluding hydrogens is 224 g/mol. The molecule has 1 aromatic rings. The molecule has 18 heavy (non-hydrogen) atoms. The van der Waals surface area contributed by atoms with E-state index in [9.17, 15) is 0 Å². The van der Waals surface area contributed by atoms with Gasteiger partial charge in [0.2, 0.25) is 0 Å². The van der Waals surface area contributed by atoms with Gasteiger partial charge >= 0.3 is 0 Å². The second-order valence-electron chi connectivity index (χ2n) is 5.27. The van der Waals surface area contributed by atoms with Crippen LogP contribution in [0, 0.1) is 5.92 Å². The minimum Gasteiger partial charge on any atom is -0.330 e. The van der Waals surface area contributed by atoms with Crippen LogP contribution in [0.1, 0.15) is 5.56 Å². The molecule has 2 rings (SSSR count). The molecule has 1 unspecified atom stereocenters. The van der Waals surface area contributed by atoms with E-state index in [0.717, 1.165) is 19.5 Å². The Morgan fingerprint density at radius 3 is 2.50 bits per heavy atom. The number of rotatable bonds is 5. The van der Waals surface area contributed by atoms with Gasteiger partial charge in [-0.1, -0.05) is 0 Å². The maximum atomic E-state index is 5.91. The van der Waals surface area contributed by atoms with Gasteiger partial charge in [0.1, 0.15) is 0 Å². The summed E-state index contributed by atoms with van der Waals surface area (Å²) in [5.41, 5.74) is 7.25. The summed E-state index contributed by atoms with van der Waals surface area (Å²) in [5, 5.41) is 0. The minimum atomic E-state index is 0.552. The predicted octanol–water partition coefficient (Wildman–Crippen LogP) is 0.446. The van der Waals surface area contributed by atoms with Crippen LogP contribution in [0.2, 0.25) is 0 Å². The zero-order chi connectivity index (χ0) is 12.8. The molecule has 1 aliphatic heterocycles. The van der Waals surface area contributed by atoms with Gasteiger partial charge in [-0.2, -0.15) is 0 Å². The van der Waals surface area contributed by atoms with E-state index in [0.29, 0.717) is 5.92 Å². The highest BCUT2D eigenvalue weighted by Gasteiger charge is 2.17. The zero-order valence-corrected chi connectivity index (χ0v) is 11.3. The van der Waals surface area contributed by atoms with Crippen LogP contribution in [0.5, 0.6) is 0 Å². The molecule has 4 nitrogen and oxygen atoms in total. The lowest BCUT2D eigenvalue weighted by Gasteiger charge is -2.34. The molecule has 0 aliphatic carbocycles. The van der Waals surface area contributed by atoms with E-state index in [2.05, 4.69) is 34.0 Å². The third-order valence-electron chi connectivity index (χ3n) is 3.72. The lowest BCUT2D eigenvalue weighted by molar-refractivity contribution is 0.137. The van der Waals surface area contributed by atoms with Crippen molar-refractivity contribution in [1.29, 1.82) is 0 Å². The van der Waals surface area contributed by atoms with E-state index >= 15 is 0 Å². The van der Waals surface area contributed by atoms with Crippen molar-refractivity contribution in [2.45, 2.75) is 6.42 Å². The average molecular weight is 248 g/mol. The van der Waals surface area contributed by atoms with Gasteiger partial charge < -0.3 is 15.5 Å². The molecule has 0 bridgehead atoms. The Balaban J connectivity index is 1.82. The Morgan fingerprint density at radius 1 is 1.22 bits per heavy atom. The van der Waals surface area contributed by atoms with E-state index in [1.165, 1.54) is 31.7 Å². The van der Waals surface area contributed by atoms with Crippen LogP contribution in [0.4, 0.5) is 0 Å². The lowest BCUT2D eigenvalue weighted by Crippen LogP contribution is -2.47. The third kappa shape index (κ3) is 4.05. The quantitative estimate of drug-likeness (QED) is 0.821. The molecular formula is C14H24N4. The first-order chi connectivity index (χ1) is 8.78. The van der Waals surface area contributed by atoms with Crippen molar-refractivity contribution in [2.75, 3.05) is 46.3 Å². The number of likely N-dealkylation sites (N-methyl/N-ethyl adjacent to an activating group) is 1. The summed E-state index contributed by atoms with van der Waals surface area (Å²) in [6.45, 7) is 6.56. The Labute approximate surface area is 110 Å². The van der Waals surface area contributed by atoms with Gasteiger partial charge in [0, 0.05) is 45.1 Å². The Morgan fingerprint density at radius 2 is 1.89 bits per heavy atom. The van der Waals surface area contributed by atoms with Crippen LogP contribution in [-0.2, 0) is 6.42 Å². The van der Waals surface area contributed by atoms with E-state index in [-0.39, 0.29) is 0 Å². The van der Waals surface area contributed by atoms with E-state index in [1.807, 2.05) is 12.4 Å². The van der Waals surface area contributed by atoms with Crippen molar-refractivity contribution in [3.05, 3.63) is 30.1 Å². The van der Waals surface area contributed by atoms with Crippen molar-refractivity contribution >= 4 is 0 Å². The van der Waals surface area contributed by atoms with Crippen molar-refractivity contribution < 1.29 is 0 Å². The van der Waals surface area contributed by atoms with Crippen molar-refractivity contribution in [1.82, 2.24) is 14.8 Å². The normalized spacial score (nSPS) is 19.9. The molecule has 1 atom stereocenters. The molecule has 1 saturated heterocycles. The highest BCUT2D eigenvalue weighted by molar-refractivity contribution is 5.10. The number of pyridine rings is 1.